The summed E-state index contributed by atoms with van der Waals surface area (Å²) in [7, 11) is 2.11. The number of rotatable bonds is 5. The Bertz CT molecular complexity index is 190. The first-order chi connectivity index (χ1) is 6.59. The highest BCUT2D eigenvalue weighted by molar-refractivity contribution is 5.74. The van der Waals surface area contributed by atoms with Gasteiger partial charge in [0.2, 0.25) is 0 Å². The van der Waals surface area contributed by atoms with Crippen LogP contribution >= 0.6 is 0 Å². The maximum atomic E-state index is 11.2. The molecule has 14 heavy (non-hydrogen) atoms. The second kappa shape index (κ2) is 5.20. The van der Waals surface area contributed by atoms with E-state index in [1.165, 1.54) is 12.8 Å². The van der Waals surface area contributed by atoms with Gasteiger partial charge in [0.1, 0.15) is 0 Å². The number of carbonyl (C=O) groups excluding carboxylic acids is 1. The molecule has 1 aliphatic carbocycles. The number of amides is 2. The minimum absolute atomic E-state index is 0.0656. The Kier molecular flexibility index (Phi) is 4.20. The molecule has 0 heterocycles. The molecule has 0 aromatic rings. The van der Waals surface area contributed by atoms with Crippen LogP contribution in [0.3, 0.4) is 0 Å². The SMILES string of the molecule is CC(C)NC(=O)NCCN(C)C1CC1. The molecule has 0 spiro atoms. The Labute approximate surface area is 86.0 Å². The lowest BCUT2D eigenvalue weighted by Crippen LogP contribution is -2.42. The number of hydrogen-bond acceptors (Lipinski definition) is 2. The van der Waals surface area contributed by atoms with Crippen molar-refractivity contribution in [3.8, 4) is 0 Å². The highest BCUT2D eigenvalue weighted by Gasteiger charge is 2.25. The molecule has 1 rings (SSSR count). The molecule has 82 valence electrons. The predicted molar refractivity (Wildman–Crippen MR) is 57.3 cm³/mol. The van der Waals surface area contributed by atoms with Gasteiger partial charge in [-0.1, -0.05) is 0 Å². The van der Waals surface area contributed by atoms with E-state index in [-0.39, 0.29) is 12.1 Å². The molecule has 0 aliphatic heterocycles. The fraction of sp³-hybridized carbons (Fsp3) is 0.900. The molecule has 0 unspecified atom stereocenters. The van der Waals surface area contributed by atoms with Crippen molar-refractivity contribution in [2.75, 3.05) is 20.1 Å². The van der Waals surface area contributed by atoms with Gasteiger partial charge in [0.05, 0.1) is 0 Å². The van der Waals surface area contributed by atoms with E-state index in [1.807, 2.05) is 13.8 Å². The zero-order valence-corrected chi connectivity index (χ0v) is 9.34. The molecule has 0 aromatic heterocycles. The number of carbonyl (C=O) groups is 1. The van der Waals surface area contributed by atoms with Gasteiger partial charge >= 0.3 is 6.03 Å². The normalized spacial score (nSPS) is 16.1. The molecule has 2 N–H and O–H groups in total. The van der Waals surface area contributed by atoms with Crippen LogP contribution in [0.25, 0.3) is 0 Å². The van der Waals surface area contributed by atoms with Crippen molar-refractivity contribution >= 4 is 6.03 Å². The van der Waals surface area contributed by atoms with E-state index in [4.69, 9.17) is 0 Å². The van der Waals surface area contributed by atoms with Crippen molar-refractivity contribution in [3.05, 3.63) is 0 Å². The zero-order valence-electron chi connectivity index (χ0n) is 9.34. The minimum Gasteiger partial charge on any atom is -0.337 e. The molecular weight excluding hydrogens is 178 g/mol. The van der Waals surface area contributed by atoms with Crippen LogP contribution in [0.2, 0.25) is 0 Å². The Morgan fingerprint density at radius 3 is 2.64 bits per heavy atom. The van der Waals surface area contributed by atoms with Crippen molar-refractivity contribution < 1.29 is 4.79 Å². The highest BCUT2D eigenvalue weighted by Crippen LogP contribution is 2.24. The van der Waals surface area contributed by atoms with Gasteiger partial charge in [-0.25, -0.2) is 4.79 Å². The molecule has 1 aliphatic rings. The van der Waals surface area contributed by atoms with Crippen LogP contribution in [0.4, 0.5) is 4.79 Å². The third kappa shape index (κ3) is 4.46. The molecule has 0 radical (unpaired) electrons. The van der Waals surface area contributed by atoms with Crippen molar-refractivity contribution in [1.82, 2.24) is 15.5 Å². The largest absolute Gasteiger partial charge is 0.337 e. The predicted octanol–water partition coefficient (Wildman–Crippen LogP) is 0.788. The Morgan fingerprint density at radius 2 is 2.14 bits per heavy atom. The van der Waals surface area contributed by atoms with Crippen molar-refractivity contribution in [2.24, 2.45) is 0 Å². The number of nitrogens with zero attached hydrogens (tertiary/aromatic N) is 1. The maximum Gasteiger partial charge on any atom is 0.315 e. The lowest BCUT2D eigenvalue weighted by molar-refractivity contribution is 0.235. The van der Waals surface area contributed by atoms with E-state index in [9.17, 15) is 4.79 Å². The summed E-state index contributed by atoms with van der Waals surface area (Å²) in [5.41, 5.74) is 0. The quantitative estimate of drug-likeness (QED) is 0.687. The van der Waals surface area contributed by atoms with E-state index in [2.05, 4.69) is 22.6 Å². The molecule has 0 bridgehead atoms. The van der Waals surface area contributed by atoms with Gasteiger partial charge in [-0.05, 0) is 33.7 Å². The molecular formula is C10H21N3O. The lowest BCUT2D eigenvalue weighted by atomic mass is 10.4. The highest BCUT2D eigenvalue weighted by atomic mass is 16.2. The van der Waals surface area contributed by atoms with E-state index in [0.717, 1.165) is 19.1 Å². The first-order valence-corrected chi connectivity index (χ1v) is 5.34. The van der Waals surface area contributed by atoms with Crippen LogP contribution in [0.15, 0.2) is 0 Å². The standard InChI is InChI=1S/C10H21N3O/c1-8(2)12-10(14)11-6-7-13(3)9-4-5-9/h8-9H,4-7H2,1-3H3,(H2,11,12,14). The van der Waals surface area contributed by atoms with E-state index in [0.29, 0.717) is 0 Å². The average molecular weight is 199 g/mol. The summed E-state index contributed by atoms with van der Waals surface area (Å²) in [5, 5.41) is 5.63. The third-order valence-electron chi connectivity index (χ3n) is 2.34. The summed E-state index contributed by atoms with van der Waals surface area (Å²) >= 11 is 0. The maximum absolute atomic E-state index is 11.2. The van der Waals surface area contributed by atoms with Crippen LogP contribution in [0.1, 0.15) is 26.7 Å². The van der Waals surface area contributed by atoms with Gasteiger partial charge in [0, 0.05) is 25.2 Å². The van der Waals surface area contributed by atoms with Crippen LogP contribution < -0.4 is 10.6 Å². The smallest absolute Gasteiger partial charge is 0.315 e. The fourth-order valence-electron chi connectivity index (χ4n) is 1.36. The second-order valence-electron chi connectivity index (χ2n) is 4.27. The van der Waals surface area contributed by atoms with Crippen molar-refractivity contribution in [2.45, 2.75) is 38.8 Å². The lowest BCUT2D eigenvalue weighted by Gasteiger charge is -2.16. The number of nitrogens with one attached hydrogen (secondary N) is 2. The second-order valence-corrected chi connectivity index (χ2v) is 4.27. The monoisotopic (exact) mass is 199 g/mol. The first-order valence-electron chi connectivity index (χ1n) is 5.34. The van der Waals surface area contributed by atoms with Gasteiger partial charge < -0.3 is 15.5 Å². The van der Waals surface area contributed by atoms with Crippen LogP contribution in [-0.4, -0.2) is 43.2 Å². The van der Waals surface area contributed by atoms with Gasteiger partial charge in [-0.3, -0.25) is 0 Å². The van der Waals surface area contributed by atoms with Crippen LogP contribution in [-0.2, 0) is 0 Å². The number of urea groups is 1. The van der Waals surface area contributed by atoms with Gasteiger partial charge in [-0.15, -0.1) is 0 Å². The van der Waals surface area contributed by atoms with E-state index < -0.39 is 0 Å². The van der Waals surface area contributed by atoms with Gasteiger partial charge in [-0.2, -0.15) is 0 Å². The summed E-state index contributed by atoms with van der Waals surface area (Å²) in [6, 6.07) is 0.908. The third-order valence-corrected chi connectivity index (χ3v) is 2.34. The summed E-state index contributed by atoms with van der Waals surface area (Å²) in [6.07, 6.45) is 2.63. The Balaban J connectivity index is 1.99. The molecule has 1 fully saturated rings. The average Bonchev–Trinajstić information content (AvgIpc) is 2.84. The molecule has 0 saturated heterocycles. The first kappa shape index (κ1) is 11.3. The molecule has 2 amide bonds. The molecule has 4 nitrogen and oxygen atoms in total. The summed E-state index contributed by atoms with van der Waals surface area (Å²) in [6.45, 7) is 5.58. The van der Waals surface area contributed by atoms with Gasteiger partial charge in [0.15, 0.2) is 0 Å². The topological polar surface area (TPSA) is 44.4 Å². The molecule has 1 saturated carbocycles. The summed E-state index contributed by atoms with van der Waals surface area (Å²) in [4.78, 5) is 13.5. The van der Waals surface area contributed by atoms with E-state index >= 15 is 0 Å². The Hall–Kier alpha value is -0.770. The van der Waals surface area contributed by atoms with Gasteiger partial charge in [0.25, 0.3) is 0 Å². The minimum atomic E-state index is -0.0656. The van der Waals surface area contributed by atoms with E-state index in [1.54, 1.807) is 0 Å². The van der Waals surface area contributed by atoms with Crippen molar-refractivity contribution in [1.29, 1.82) is 0 Å². The molecule has 0 aromatic carbocycles. The summed E-state index contributed by atoms with van der Waals surface area (Å²) in [5.74, 6) is 0. The van der Waals surface area contributed by atoms with Crippen LogP contribution in [0.5, 0.6) is 0 Å². The Morgan fingerprint density at radius 1 is 1.50 bits per heavy atom. The van der Waals surface area contributed by atoms with Crippen LogP contribution in [0, 0.1) is 0 Å². The summed E-state index contributed by atoms with van der Waals surface area (Å²) < 4.78 is 0. The molecule has 0 atom stereocenters. The number of hydrogen-bond donors (Lipinski definition) is 2. The molecule has 4 heteroatoms. The zero-order chi connectivity index (χ0) is 10.6. The number of likely N-dealkylation sites (N-methyl/N-ethyl adjacent to an activating group) is 1. The fourth-order valence-corrected chi connectivity index (χ4v) is 1.36. The van der Waals surface area contributed by atoms with Crippen molar-refractivity contribution in [3.63, 3.8) is 0 Å².